The third-order valence-corrected chi connectivity index (χ3v) is 2.75. The van der Waals surface area contributed by atoms with Crippen LogP contribution in [0.3, 0.4) is 0 Å². The predicted molar refractivity (Wildman–Crippen MR) is 65.4 cm³/mol. The van der Waals surface area contributed by atoms with Gasteiger partial charge >= 0.3 is 0 Å². The van der Waals surface area contributed by atoms with Crippen molar-refractivity contribution in [2.75, 3.05) is 6.61 Å². The van der Waals surface area contributed by atoms with Crippen molar-refractivity contribution in [2.24, 2.45) is 0 Å². The van der Waals surface area contributed by atoms with Gasteiger partial charge in [-0.15, -0.1) is 0 Å². The summed E-state index contributed by atoms with van der Waals surface area (Å²) < 4.78 is 13.7. The van der Waals surface area contributed by atoms with E-state index in [9.17, 15) is 9.50 Å². The molecular formula is C14H21FO. The highest BCUT2D eigenvalue weighted by Crippen LogP contribution is 2.29. The molecule has 1 aromatic carbocycles. The molecule has 0 radical (unpaired) electrons. The van der Waals surface area contributed by atoms with Gasteiger partial charge in [0, 0.05) is 11.8 Å². The van der Waals surface area contributed by atoms with Gasteiger partial charge in [-0.3, -0.25) is 0 Å². The maximum atomic E-state index is 13.7. The normalized spacial score (nSPS) is 12.9. The highest BCUT2D eigenvalue weighted by atomic mass is 19.1. The summed E-state index contributed by atoms with van der Waals surface area (Å²) in [5, 5.41) is 9.38. The van der Waals surface area contributed by atoms with E-state index in [1.807, 2.05) is 38.1 Å². The predicted octanol–water partition coefficient (Wildman–Crippen LogP) is 3.25. The van der Waals surface area contributed by atoms with Crippen LogP contribution in [-0.4, -0.2) is 17.4 Å². The van der Waals surface area contributed by atoms with E-state index in [2.05, 4.69) is 0 Å². The second-order valence-corrected chi connectivity index (χ2v) is 5.59. The highest BCUT2D eigenvalue weighted by Gasteiger charge is 2.25. The molecule has 0 atom stereocenters. The summed E-state index contributed by atoms with van der Waals surface area (Å²) in [4.78, 5) is 0. The molecule has 1 N–H and O–H groups in total. The Bertz CT molecular complexity index is 350. The van der Waals surface area contributed by atoms with Gasteiger partial charge in [0.2, 0.25) is 0 Å². The van der Waals surface area contributed by atoms with Crippen molar-refractivity contribution >= 4 is 0 Å². The Balaban J connectivity index is 3.11. The third kappa shape index (κ3) is 3.31. The number of hydrogen-bond donors (Lipinski definition) is 1. The third-order valence-electron chi connectivity index (χ3n) is 2.75. The van der Waals surface area contributed by atoms with Crippen molar-refractivity contribution in [3.8, 4) is 0 Å². The molecule has 0 unspecified atom stereocenters. The lowest BCUT2D eigenvalue weighted by Gasteiger charge is -2.27. The van der Waals surface area contributed by atoms with Crippen molar-refractivity contribution in [1.82, 2.24) is 0 Å². The van der Waals surface area contributed by atoms with Gasteiger partial charge in [0.25, 0.3) is 0 Å². The molecular weight excluding hydrogens is 203 g/mol. The lowest BCUT2D eigenvalue weighted by atomic mass is 9.80. The maximum absolute atomic E-state index is 13.7. The largest absolute Gasteiger partial charge is 0.395 e. The van der Waals surface area contributed by atoms with E-state index in [0.717, 1.165) is 11.1 Å². The van der Waals surface area contributed by atoms with E-state index in [0.29, 0.717) is 6.42 Å². The minimum atomic E-state index is -1.22. The molecule has 0 aliphatic carbocycles. The van der Waals surface area contributed by atoms with Gasteiger partial charge < -0.3 is 5.11 Å². The summed E-state index contributed by atoms with van der Waals surface area (Å²) in [6, 6.07) is 7.75. The average molecular weight is 224 g/mol. The summed E-state index contributed by atoms with van der Waals surface area (Å²) >= 11 is 0. The Kier molecular flexibility index (Phi) is 3.74. The molecule has 0 heterocycles. The highest BCUT2D eigenvalue weighted by molar-refractivity contribution is 5.34. The van der Waals surface area contributed by atoms with Crippen molar-refractivity contribution in [3.05, 3.63) is 35.4 Å². The number of aliphatic hydroxyl groups is 1. The number of rotatable bonds is 4. The zero-order chi connectivity index (χ0) is 12.4. The molecule has 0 aliphatic heterocycles. The molecule has 0 aliphatic rings. The zero-order valence-corrected chi connectivity index (χ0v) is 10.5. The minimum absolute atomic E-state index is 0.0662. The fraction of sp³-hybridized carbons (Fsp3) is 0.571. The van der Waals surface area contributed by atoms with E-state index < -0.39 is 5.67 Å². The Morgan fingerprint density at radius 1 is 1.12 bits per heavy atom. The van der Waals surface area contributed by atoms with E-state index in [1.165, 1.54) is 0 Å². The molecule has 0 saturated carbocycles. The molecule has 2 heteroatoms. The van der Waals surface area contributed by atoms with Crippen molar-refractivity contribution in [1.29, 1.82) is 0 Å². The standard InChI is InChI=1S/C14H21FO/c1-13(2,10-16)12-8-6-5-7-11(12)9-14(3,4)15/h5-8,16H,9-10H2,1-4H3. The molecule has 0 amide bonds. The van der Waals surface area contributed by atoms with Crippen LogP contribution in [0.25, 0.3) is 0 Å². The first-order valence-electron chi connectivity index (χ1n) is 5.64. The second-order valence-electron chi connectivity index (χ2n) is 5.59. The van der Waals surface area contributed by atoms with Crippen LogP contribution in [0.1, 0.15) is 38.8 Å². The van der Waals surface area contributed by atoms with E-state index >= 15 is 0 Å². The van der Waals surface area contributed by atoms with Crippen molar-refractivity contribution in [3.63, 3.8) is 0 Å². The lowest BCUT2D eigenvalue weighted by Crippen LogP contribution is -2.26. The first-order valence-corrected chi connectivity index (χ1v) is 5.64. The topological polar surface area (TPSA) is 20.2 Å². The van der Waals surface area contributed by atoms with E-state index in [4.69, 9.17) is 0 Å². The van der Waals surface area contributed by atoms with Gasteiger partial charge in [-0.1, -0.05) is 38.1 Å². The molecule has 1 rings (SSSR count). The first kappa shape index (κ1) is 13.2. The first-order chi connectivity index (χ1) is 7.26. The summed E-state index contributed by atoms with van der Waals surface area (Å²) in [6.07, 6.45) is 0.382. The molecule has 1 nitrogen and oxygen atoms in total. The Labute approximate surface area is 97.3 Å². The van der Waals surface area contributed by atoms with Gasteiger partial charge in [0.1, 0.15) is 5.67 Å². The summed E-state index contributed by atoms with van der Waals surface area (Å²) in [7, 11) is 0. The molecule has 0 bridgehead atoms. The monoisotopic (exact) mass is 224 g/mol. The number of benzene rings is 1. The summed E-state index contributed by atoms with van der Waals surface area (Å²) in [6.45, 7) is 7.16. The van der Waals surface area contributed by atoms with E-state index in [-0.39, 0.29) is 12.0 Å². The van der Waals surface area contributed by atoms with Crippen LogP contribution >= 0.6 is 0 Å². The minimum Gasteiger partial charge on any atom is -0.395 e. The summed E-state index contributed by atoms with van der Waals surface area (Å²) in [5.41, 5.74) is 0.473. The molecule has 0 spiro atoms. The average Bonchev–Trinajstić information content (AvgIpc) is 2.16. The van der Waals surface area contributed by atoms with Crippen molar-refractivity contribution < 1.29 is 9.50 Å². The second kappa shape index (κ2) is 4.54. The number of halogens is 1. The van der Waals surface area contributed by atoms with Crippen LogP contribution in [0.4, 0.5) is 4.39 Å². The Morgan fingerprint density at radius 2 is 1.69 bits per heavy atom. The van der Waals surface area contributed by atoms with Crippen LogP contribution < -0.4 is 0 Å². The van der Waals surface area contributed by atoms with Crippen LogP contribution in [-0.2, 0) is 11.8 Å². The Hall–Kier alpha value is -0.890. The molecule has 0 saturated heterocycles. The maximum Gasteiger partial charge on any atom is 0.109 e. The number of alkyl halides is 1. The molecule has 90 valence electrons. The fourth-order valence-corrected chi connectivity index (χ4v) is 1.87. The summed E-state index contributed by atoms with van der Waals surface area (Å²) in [5.74, 6) is 0. The molecule has 16 heavy (non-hydrogen) atoms. The van der Waals surface area contributed by atoms with Gasteiger partial charge in [0.15, 0.2) is 0 Å². The van der Waals surface area contributed by atoms with Crippen LogP contribution in [0.2, 0.25) is 0 Å². The fourth-order valence-electron chi connectivity index (χ4n) is 1.87. The van der Waals surface area contributed by atoms with E-state index in [1.54, 1.807) is 13.8 Å². The number of hydrogen-bond acceptors (Lipinski definition) is 1. The lowest BCUT2D eigenvalue weighted by molar-refractivity contribution is 0.206. The zero-order valence-electron chi connectivity index (χ0n) is 10.5. The van der Waals surface area contributed by atoms with Crippen LogP contribution in [0, 0.1) is 0 Å². The van der Waals surface area contributed by atoms with Gasteiger partial charge in [-0.2, -0.15) is 0 Å². The number of aliphatic hydroxyl groups excluding tert-OH is 1. The molecule has 0 fully saturated rings. The van der Waals surface area contributed by atoms with Gasteiger partial charge in [-0.25, -0.2) is 4.39 Å². The van der Waals surface area contributed by atoms with Crippen LogP contribution in [0.15, 0.2) is 24.3 Å². The van der Waals surface area contributed by atoms with Gasteiger partial charge in [-0.05, 0) is 25.0 Å². The SMILES string of the molecule is CC(C)(F)Cc1ccccc1C(C)(C)CO. The van der Waals surface area contributed by atoms with Crippen molar-refractivity contribution in [2.45, 2.75) is 45.2 Å². The smallest absolute Gasteiger partial charge is 0.109 e. The molecule has 1 aromatic rings. The molecule has 0 aromatic heterocycles. The van der Waals surface area contributed by atoms with Gasteiger partial charge in [0.05, 0.1) is 6.61 Å². The Morgan fingerprint density at radius 3 is 2.19 bits per heavy atom. The quantitative estimate of drug-likeness (QED) is 0.832. The van der Waals surface area contributed by atoms with Crippen LogP contribution in [0.5, 0.6) is 0 Å².